The Morgan fingerprint density at radius 2 is 1.75 bits per heavy atom. The first kappa shape index (κ1) is 17.2. The molecule has 1 rings (SSSR count). The van der Waals surface area contributed by atoms with Crippen molar-refractivity contribution in [3.63, 3.8) is 0 Å². The Labute approximate surface area is 124 Å². The van der Waals surface area contributed by atoms with Gasteiger partial charge in [-0.05, 0) is 26.2 Å². The summed E-state index contributed by atoms with van der Waals surface area (Å²) in [6.07, 6.45) is 14.4. The van der Waals surface area contributed by atoms with Crippen LogP contribution in [0.15, 0.2) is 17.6 Å². The topological polar surface area (TPSA) is 35.8 Å². The molecule has 0 radical (unpaired) electrons. The normalized spacial score (nSPS) is 16.3. The highest BCUT2D eigenvalue weighted by Crippen LogP contribution is 2.14. The van der Waals surface area contributed by atoms with Gasteiger partial charge in [0, 0.05) is 13.0 Å². The van der Waals surface area contributed by atoms with E-state index >= 15 is 0 Å². The molecular weight excluding hydrogens is 248 g/mol. The van der Waals surface area contributed by atoms with Crippen LogP contribution in [0, 0.1) is 0 Å². The van der Waals surface area contributed by atoms with Gasteiger partial charge in [-0.2, -0.15) is 0 Å². The van der Waals surface area contributed by atoms with Gasteiger partial charge in [0.15, 0.2) is 0 Å². The first-order valence-electron chi connectivity index (χ1n) is 8.34. The van der Waals surface area contributed by atoms with E-state index in [4.69, 9.17) is 0 Å². The van der Waals surface area contributed by atoms with Crippen LogP contribution in [-0.4, -0.2) is 35.2 Å². The summed E-state index contributed by atoms with van der Waals surface area (Å²) in [7, 11) is 0. The average Bonchev–Trinajstić information content (AvgIpc) is 2.89. The van der Waals surface area contributed by atoms with Crippen molar-refractivity contribution in [2.45, 2.75) is 77.4 Å². The summed E-state index contributed by atoms with van der Waals surface area (Å²) in [6, 6.07) is 0. The summed E-state index contributed by atoms with van der Waals surface area (Å²) >= 11 is 0. The fraction of sp³-hybridized carbons (Fsp3) is 0.824. The Bertz CT molecular complexity index is 287. The number of hydrogen-bond acceptors (Lipinski definition) is 3. The number of amidine groups is 1. The van der Waals surface area contributed by atoms with Crippen molar-refractivity contribution in [1.29, 1.82) is 0 Å². The molecule has 0 amide bonds. The van der Waals surface area contributed by atoms with Gasteiger partial charge in [0.05, 0.1) is 6.54 Å². The maximum absolute atomic E-state index is 9.62. The molecule has 0 aromatic rings. The standard InChI is InChI=1S/C17H32N2O/c1-3-4-5-6-7-8-9-10-11-12-13-17-18-14-15-19(17)16(2)20/h3,16,20H,1,4-15H2,2H3. The van der Waals surface area contributed by atoms with Crippen LogP contribution < -0.4 is 0 Å². The van der Waals surface area contributed by atoms with E-state index in [1.807, 2.05) is 17.9 Å². The average molecular weight is 280 g/mol. The van der Waals surface area contributed by atoms with Gasteiger partial charge >= 0.3 is 0 Å². The highest BCUT2D eigenvalue weighted by Gasteiger charge is 2.19. The van der Waals surface area contributed by atoms with Gasteiger partial charge in [-0.1, -0.05) is 44.6 Å². The fourth-order valence-corrected chi connectivity index (χ4v) is 2.76. The van der Waals surface area contributed by atoms with Crippen molar-refractivity contribution >= 4 is 5.84 Å². The van der Waals surface area contributed by atoms with Gasteiger partial charge in [-0.15, -0.1) is 6.58 Å². The molecule has 1 atom stereocenters. The van der Waals surface area contributed by atoms with E-state index < -0.39 is 0 Å². The zero-order valence-corrected chi connectivity index (χ0v) is 13.2. The number of aliphatic hydroxyl groups is 1. The van der Waals surface area contributed by atoms with Crippen molar-refractivity contribution < 1.29 is 5.11 Å². The Hall–Kier alpha value is -0.830. The van der Waals surface area contributed by atoms with Crippen molar-refractivity contribution in [2.24, 2.45) is 4.99 Å². The summed E-state index contributed by atoms with van der Waals surface area (Å²) < 4.78 is 0. The number of unbranched alkanes of at least 4 members (excludes halogenated alkanes) is 8. The third kappa shape index (κ3) is 7.09. The lowest BCUT2D eigenvalue weighted by Gasteiger charge is -2.23. The molecule has 3 nitrogen and oxygen atoms in total. The maximum atomic E-state index is 9.62. The van der Waals surface area contributed by atoms with Crippen LogP contribution >= 0.6 is 0 Å². The molecule has 0 spiro atoms. The smallest absolute Gasteiger partial charge is 0.125 e. The van der Waals surface area contributed by atoms with E-state index in [0.717, 1.165) is 25.3 Å². The Balaban J connectivity index is 1.91. The molecule has 1 unspecified atom stereocenters. The summed E-state index contributed by atoms with van der Waals surface area (Å²) in [5, 5.41) is 9.62. The van der Waals surface area contributed by atoms with Crippen LogP contribution in [-0.2, 0) is 0 Å². The molecular formula is C17H32N2O. The zero-order chi connectivity index (χ0) is 14.6. The third-order valence-electron chi connectivity index (χ3n) is 3.98. The molecule has 0 saturated heterocycles. The lowest BCUT2D eigenvalue weighted by Crippen LogP contribution is -2.35. The summed E-state index contributed by atoms with van der Waals surface area (Å²) in [6.45, 7) is 7.31. The SMILES string of the molecule is C=CCCCCCCCCCCC1=NCCN1C(C)O. The van der Waals surface area contributed by atoms with Crippen LogP contribution in [0.3, 0.4) is 0 Å². The number of hydrogen-bond donors (Lipinski definition) is 1. The van der Waals surface area contributed by atoms with E-state index in [9.17, 15) is 5.11 Å². The minimum absolute atomic E-state index is 0.383. The van der Waals surface area contributed by atoms with Crippen LogP contribution in [0.2, 0.25) is 0 Å². The minimum atomic E-state index is -0.383. The number of nitrogens with zero attached hydrogens (tertiary/aromatic N) is 2. The van der Waals surface area contributed by atoms with Crippen LogP contribution in [0.5, 0.6) is 0 Å². The predicted molar refractivity (Wildman–Crippen MR) is 87.1 cm³/mol. The Morgan fingerprint density at radius 3 is 2.35 bits per heavy atom. The van der Waals surface area contributed by atoms with Crippen LogP contribution in [0.4, 0.5) is 0 Å². The molecule has 0 aromatic carbocycles. The molecule has 3 heteroatoms. The summed E-state index contributed by atoms with van der Waals surface area (Å²) in [4.78, 5) is 6.52. The molecule has 116 valence electrons. The molecule has 0 fully saturated rings. The van der Waals surface area contributed by atoms with Crippen LogP contribution in [0.25, 0.3) is 0 Å². The Kier molecular flexibility index (Phi) is 9.38. The quantitative estimate of drug-likeness (QED) is 0.431. The molecule has 1 N–H and O–H groups in total. The monoisotopic (exact) mass is 280 g/mol. The molecule has 1 aliphatic heterocycles. The fourth-order valence-electron chi connectivity index (χ4n) is 2.76. The molecule has 0 bridgehead atoms. The van der Waals surface area contributed by atoms with Gasteiger partial charge in [-0.25, -0.2) is 0 Å². The molecule has 0 aromatic heterocycles. The van der Waals surface area contributed by atoms with Gasteiger partial charge in [0.1, 0.15) is 12.1 Å². The highest BCUT2D eigenvalue weighted by atomic mass is 16.3. The minimum Gasteiger partial charge on any atom is -0.374 e. The van der Waals surface area contributed by atoms with E-state index in [1.165, 1.54) is 57.8 Å². The number of allylic oxidation sites excluding steroid dienone is 1. The Morgan fingerprint density at radius 1 is 1.15 bits per heavy atom. The van der Waals surface area contributed by atoms with Crippen molar-refractivity contribution in [1.82, 2.24) is 4.90 Å². The first-order chi connectivity index (χ1) is 9.75. The number of aliphatic hydroxyl groups excluding tert-OH is 1. The zero-order valence-electron chi connectivity index (χ0n) is 13.2. The van der Waals surface area contributed by atoms with Gasteiger partial charge < -0.3 is 10.0 Å². The molecule has 0 aliphatic carbocycles. The lowest BCUT2D eigenvalue weighted by molar-refractivity contribution is 0.0766. The molecule has 1 aliphatic rings. The lowest BCUT2D eigenvalue weighted by atomic mass is 10.1. The number of aliphatic imine (C=N–C) groups is 1. The van der Waals surface area contributed by atoms with E-state index in [1.54, 1.807) is 0 Å². The second kappa shape index (κ2) is 10.9. The van der Waals surface area contributed by atoms with E-state index in [0.29, 0.717) is 0 Å². The highest BCUT2D eigenvalue weighted by molar-refractivity contribution is 5.83. The van der Waals surface area contributed by atoms with Gasteiger partial charge in [0.25, 0.3) is 0 Å². The van der Waals surface area contributed by atoms with Crippen LogP contribution in [0.1, 0.15) is 71.1 Å². The second-order valence-electron chi connectivity index (χ2n) is 5.78. The van der Waals surface area contributed by atoms with Gasteiger partial charge in [0.2, 0.25) is 0 Å². The summed E-state index contributed by atoms with van der Waals surface area (Å²) in [5.74, 6) is 1.12. The summed E-state index contributed by atoms with van der Waals surface area (Å²) in [5.41, 5.74) is 0. The largest absolute Gasteiger partial charge is 0.374 e. The van der Waals surface area contributed by atoms with Crippen molar-refractivity contribution in [2.75, 3.05) is 13.1 Å². The van der Waals surface area contributed by atoms with Crippen molar-refractivity contribution in [3.05, 3.63) is 12.7 Å². The van der Waals surface area contributed by atoms with E-state index in [-0.39, 0.29) is 6.23 Å². The molecule has 20 heavy (non-hydrogen) atoms. The first-order valence-corrected chi connectivity index (χ1v) is 8.34. The van der Waals surface area contributed by atoms with E-state index in [2.05, 4.69) is 11.6 Å². The number of rotatable bonds is 12. The predicted octanol–water partition coefficient (Wildman–Crippen LogP) is 4.13. The maximum Gasteiger partial charge on any atom is 0.125 e. The third-order valence-corrected chi connectivity index (χ3v) is 3.98. The van der Waals surface area contributed by atoms with Gasteiger partial charge in [-0.3, -0.25) is 4.99 Å². The van der Waals surface area contributed by atoms with Crippen molar-refractivity contribution in [3.8, 4) is 0 Å². The second-order valence-corrected chi connectivity index (χ2v) is 5.78. The molecule has 0 saturated carbocycles. The molecule has 1 heterocycles.